The van der Waals surface area contributed by atoms with Crippen molar-refractivity contribution in [3.05, 3.63) is 0 Å². The molecule has 13 heavy (non-hydrogen) atoms. The van der Waals surface area contributed by atoms with Crippen LogP contribution in [0.5, 0.6) is 0 Å². The summed E-state index contributed by atoms with van der Waals surface area (Å²) in [5.41, 5.74) is 0. The molecule has 0 aromatic carbocycles. The maximum absolute atomic E-state index is 6.55. The Morgan fingerprint density at radius 3 is 1.69 bits per heavy atom. The molecule has 0 atom stereocenters. The van der Waals surface area contributed by atoms with Crippen LogP contribution in [0.4, 0.5) is 0 Å². The monoisotopic (exact) mass is 222 g/mol. The molecule has 0 rings (SSSR count). The lowest BCUT2D eigenvalue weighted by Gasteiger charge is -2.27. The summed E-state index contributed by atoms with van der Waals surface area (Å²) in [6.07, 6.45) is 0. The summed E-state index contributed by atoms with van der Waals surface area (Å²) in [5, 5.41) is 0. The topological polar surface area (TPSA) is 9.23 Å². The molecule has 0 heterocycles. The van der Waals surface area contributed by atoms with E-state index in [-0.39, 0.29) is 0 Å². The van der Waals surface area contributed by atoms with E-state index >= 15 is 0 Å². The van der Waals surface area contributed by atoms with Gasteiger partial charge in [0.25, 0.3) is 7.63 Å². The predicted octanol–water partition coefficient (Wildman–Crippen LogP) is 4.02. The van der Waals surface area contributed by atoms with E-state index < -0.39 is 7.63 Å². The molecule has 0 spiro atoms. The number of hydrogen-bond donors (Lipinski definition) is 0. The molecule has 0 radical (unpaired) electrons. The summed E-state index contributed by atoms with van der Waals surface area (Å²) >= 11 is 6.55. The first-order valence-electron chi connectivity index (χ1n) is 5.22. The molecule has 0 aromatic rings. The van der Waals surface area contributed by atoms with Crippen molar-refractivity contribution in [2.24, 2.45) is 11.8 Å². The van der Waals surface area contributed by atoms with Crippen LogP contribution < -0.4 is 0 Å². The second kappa shape index (κ2) is 6.05. The SMILES string of the molecule is CCO[Si](Cl)(CC(C)C)CC(C)C. The largest absolute Gasteiger partial charge is 0.403 e. The van der Waals surface area contributed by atoms with Crippen molar-refractivity contribution >= 4 is 18.7 Å². The molecule has 0 saturated carbocycles. The first-order chi connectivity index (χ1) is 5.89. The van der Waals surface area contributed by atoms with Crippen molar-refractivity contribution in [3.8, 4) is 0 Å². The summed E-state index contributed by atoms with van der Waals surface area (Å²) in [4.78, 5) is 0. The maximum atomic E-state index is 6.55. The van der Waals surface area contributed by atoms with Crippen LogP contribution >= 0.6 is 11.1 Å². The number of halogens is 1. The molecule has 0 fully saturated rings. The average Bonchev–Trinajstić information content (AvgIpc) is 1.81. The minimum absolute atomic E-state index is 0.648. The van der Waals surface area contributed by atoms with Crippen LogP contribution in [0.1, 0.15) is 34.6 Å². The highest BCUT2D eigenvalue weighted by Gasteiger charge is 2.34. The quantitative estimate of drug-likeness (QED) is 0.488. The lowest BCUT2D eigenvalue weighted by Crippen LogP contribution is -2.34. The summed E-state index contributed by atoms with van der Waals surface area (Å²) in [7, 11) is -1.90. The van der Waals surface area contributed by atoms with Gasteiger partial charge >= 0.3 is 0 Å². The first kappa shape index (κ1) is 13.5. The van der Waals surface area contributed by atoms with Gasteiger partial charge in [-0.3, -0.25) is 0 Å². The van der Waals surface area contributed by atoms with Crippen LogP contribution in [0.3, 0.4) is 0 Å². The third-order valence-electron chi connectivity index (χ3n) is 1.83. The average molecular weight is 223 g/mol. The molecular formula is C10H23ClOSi. The van der Waals surface area contributed by atoms with Gasteiger partial charge in [0.1, 0.15) is 0 Å². The van der Waals surface area contributed by atoms with Gasteiger partial charge < -0.3 is 4.43 Å². The van der Waals surface area contributed by atoms with Gasteiger partial charge in [0.15, 0.2) is 0 Å². The molecule has 3 heteroatoms. The van der Waals surface area contributed by atoms with Gasteiger partial charge in [0.2, 0.25) is 0 Å². The molecule has 1 nitrogen and oxygen atoms in total. The molecule has 0 aliphatic heterocycles. The molecule has 0 amide bonds. The number of rotatable bonds is 6. The van der Waals surface area contributed by atoms with Crippen molar-refractivity contribution in [1.82, 2.24) is 0 Å². The van der Waals surface area contributed by atoms with Gasteiger partial charge in [-0.05, 0) is 30.8 Å². The normalized spacial score (nSPS) is 12.9. The van der Waals surface area contributed by atoms with E-state index in [1.165, 1.54) is 0 Å². The van der Waals surface area contributed by atoms with E-state index in [2.05, 4.69) is 27.7 Å². The van der Waals surface area contributed by atoms with Gasteiger partial charge in [-0.2, -0.15) is 0 Å². The van der Waals surface area contributed by atoms with Crippen LogP contribution in [-0.2, 0) is 4.43 Å². The fourth-order valence-electron chi connectivity index (χ4n) is 1.68. The van der Waals surface area contributed by atoms with E-state index in [1.54, 1.807) is 0 Å². The molecule has 0 bridgehead atoms. The third-order valence-corrected chi connectivity index (χ3v) is 6.74. The molecule has 0 aliphatic rings. The Morgan fingerprint density at radius 1 is 1.08 bits per heavy atom. The maximum Gasteiger partial charge on any atom is 0.290 e. The molecule has 0 aliphatic carbocycles. The van der Waals surface area contributed by atoms with Gasteiger partial charge in [-0.25, -0.2) is 0 Å². The predicted molar refractivity (Wildman–Crippen MR) is 62.5 cm³/mol. The summed E-state index contributed by atoms with van der Waals surface area (Å²) in [6, 6.07) is 2.14. The van der Waals surface area contributed by atoms with E-state index in [0.717, 1.165) is 18.7 Å². The van der Waals surface area contributed by atoms with Crippen molar-refractivity contribution in [1.29, 1.82) is 0 Å². The van der Waals surface area contributed by atoms with Crippen LogP contribution in [0, 0.1) is 11.8 Å². The van der Waals surface area contributed by atoms with Crippen molar-refractivity contribution < 1.29 is 4.43 Å². The van der Waals surface area contributed by atoms with Gasteiger partial charge in [0, 0.05) is 6.61 Å². The minimum Gasteiger partial charge on any atom is -0.403 e. The summed E-state index contributed by atoms with van der Waals surface area (Å²) < 4.78 is 5.76. The highest BCUT2D eigenvalue weighted by molar-refractivity contribution is 7.16. The Bertz CT molecular complexity index is 127. The minimum atomic E-state index is -1.90. The Hall–Kier alpha value is 0.467. The Labute approximate surface area is 88.7 Å². The van der Waals surface area contributed by atoms with Crippen LogP contribution in [0.15, 0.2) is 0 Å². The van der Waals surface area contributed by atoms with Gasteiger partial charge in [-0.1, -0.05) is 27.7 Å². The van der Waals surface area contributed by atoms with Crippen molar-refractivity contribution in [3.63, 3.8) is 0 Å². The smallest absolute Gasteiger partial charge is 0.290 e. The highest BCUT2D eigenvalue weighted by Crippen LogP contribution is 2.29. The lowest BCUT2D eigenvalue weighted by atomic mass is 10.3. The van der Waals surface area contributed by atoms with Crippen LogP contribution in [0.25, 0.3) is 0 Å². The summed E-state index contributed by atoms with van der Waals surface area (Å²) in [6.45, 7) is 11.6. The fourth-order valence-corrected chi connectivity index (χ4v) is 7.22. The number of hydrogen-bond acceptors (Lipinski definition) is 1. The van der Waals surface area contributed by atoms with E-state index in [0.29, 0.717) is 11.8 Å². The first-order valence-corrected chi connectivity index (χ1v) is 8.56. The standard InChI is InChI=1S/C10H23ClOSi/c1-6-12-13(11,7-9(2)3)8-10(4)5/h9-10H,6-8H2,1-5H3. The Balaban J connectivity index is 4.15. The molecular weight excluding hydrogens is 200 g/mol. The van der Waals surface area contributed by atoms with Gasteiger partial charge in [0.05, 0.1) is 0 Å². The van der Waals surface area contributed by atoms with E-state index in [4.69, 9.17) is 15.5 Å². The molecule has 80 valence electrons. The zero-order chi connectivity index (χ0) is 10.5. The van der Waals surface area contributed by atoms with Crippen molar-refractivity contribution in [2.75, 3.05) is 6.61 Å². The zero-order valence-corrected chi connectivity index (χ0v) is 11.3. The van der Waals surface area contributed by atoms with Crippen molar-refractivity contribution in [2.45, 2.75) is 46.7 Å². The molecule has 0 saturated heterocycles. The molecule has 0 aromatic heterocycles. The lowest BCUT2D eigenvalue weighted by molar-refractivity contribution is 0.325. The Morgan fingerprint density at radius 2 is 1.46 bits per heavy atom. The Kier molecular flexibility index (Phi) is 6.26. The van der Waals surface area contributed by atoms with Gasteiger partial charge in [-0.15, -0.1) is 11.1 Å². The highest BCUT2D eigenvalue weighted by atomic mass is 35.6. The van der Waals surface area contributed by atoms with E-state index in [1.807, 2.05) is 6.92 Å². The van der Waals surface area contributed by atoms with Crippen LogP contribution in [-0.4, -0.2) is 14.2 Å². The molecule has 0 unspecified atom stereocenters. The second-order valence-electron chi connectivity index (χ2n) is 4.51. The molecule has 0 N–H and O–H groups in total. The second-order valence-corrected chi connectivity index (χ2v) is 9.45. The third kappa shape index (κ3) is 6.53. The zero-order valence-electron chi connectivity index (χ0n) is 9.56. The fraction of sp³-hybridized carbons (Fsp3) is 1.00. The van der Waals surface area contributed by atoms with Crippen LogP contribution in [0.2, 0.25) is 12.1 Å². The van der Waals surface area contributed by atoms with E-state index in [9.17, 15) is 0 Å². The summed E-state index contributed by atoms with van der Waals surface area (Å²) in [5.74, 6) is 1.30.